The number of fused-ring (bicyclic) bond motifs is 1. The summed E-state index contributed by atoms with van der Waals surface area (Å²) in [7, 11) is 0. The molecule has 2 rings (SSSR count). The minimum Gasteiger partial charge on any atom is -0.0911 e. The maximum Gasteiger partial charge on any atom is -0.0103 e. The van der Waals surface area contributed by atoms with Gasteiger partial charge in [0.25, 0.3) is 0 Å². The van der Waals surface area contributed by atoms with Crippen LogP contribution in [0.15, 0.2) is 30.4 Å². The Labute approximate surface area is 164 Å². The van der Waals surface area contributed by atoms with Gasteiger partial charge in [-0.15, -0.1) is 0 Å². The van der Waals surface area contributed by atoms with Gasteiger partial charge >= 0.3 is 0 Å². The van der Waals surface area contributed by atoms with Gasteiger partial charge < -0.3 is 0 Å². The van der Waals surface area contributed by atoms with Gasteiger partial charge in [-0.25, -0.2) is 0 Å². The monoisotopic (exact) mass is 356 g/mol. The molecule has 0 bridgehead atoms. The highest BCUT2D eigenvalue weighted by Gasteiger charge is 2.25. The zero-order chi connectivity index (χ0) is 20.3. The first kappa shape index (κ1) is 24.7. The van der Waals surface area contributed by atoms with E-state index >= 15 is 0 Å². The predicted octanol–water partition coefficient (Wildman–Crippen LogP) is 6.76. The average Bonchev–Trinajstić information content (AvgIpc) is 2.55. The normalized spacial score (nSPS) is 16.1. The molecule has 0 saturated carbocycles. The molecule has 1 atom stereocenters. The van der Waals surface area contributed by atoms with Crippen molar-refractivity contribution in [2.45, 2.75) is 82.1 Å². The summed E-state index contributed by atoms with van der Waals surface area (Å²) < 4.78 is 0. The summed E-state index contributed by atoms with van der Waals surface area (Å²) in [6.07, 6.45) is 11.8. The second kappa shape index (κ2) is 12.2. The summed E-state index contributed by atoms with van der Waals surface area (Å²) in [5, 5.41) is 2.91. The highest BCUT2D eigenvalue weighted by Crippen LogP contribution is 2.33. The molecule has 0 spiro atoms. The van der Waals surface area contributed by atoms with Gasteiger partial charge in [0.2, 0.25) is 0 Å². The van der Waals surface area contributed by atoms with E-state index in [2.05, 4.69) is 97.9 Å². The lowest BCUT2D eigenvalue weighted by Gasteiger charge is -2.30. The summed E-state index contributed by atoms with van der Waals surface area (Å²) in [4.78, 5) is 0. The quantitative estimate of drug-likeness (QED) is 0.523. The van der Waals surface area contributed by atoms with Crippen LogP contribution in [-0.4, -0.2) is 0 Å². The third kappa shape index (κ3) is 8.39. The maximum absolute atomic E-state index is 2.52. The zero-order valence-corrected chi connectivity index (χ0v) is 19.2. The fourth-order valence-corrected chi connectivity index (χ4v) is 3.23. The molecule has 0 amide bonds. The molecule has 0 N–H and O–H groups in total. The molecule has 0 aliphatic heterocycles. The van der Waals surface area contributed by atoms with E-state index in [1.807, 2.05) is 13.8 Å². The van der Waals surface area contributed by atoms with E-state index in [0.29, 0.717) is 11.8 Å². The van der Waals surface area contributed by atoms with Crippen molar-refractivity contribution in [3.05, 3.63) is 46.4 Å². The van der Waals surface area contributed by atoms with Crippen molar-refractivity contribution in [1.82, 2.24) is 0 Å². The first-order valence-corrected chi connectivity index (χ1v) is 10.6. The molecule has 26 heavy (non-hydrogen) atoms. The minimum absolute atomic E-state index is 0.230. The lowest BCUT2D eigenvalue weighted by atomic mass is 9.74. The molecule has 1 aliphatic carbocycles. The van der Waals surface area contributed by atoms with E-state index in [4.69, 9.17) is 0 Å². The molecule has 0 nitrogen and oxygen atoms in total. The molecule has 1 unspecified atom stereocenters. The third-order valence-corrected chi connectivity index (χ3v) is 4.37. The number of benzene rings is 1. The van der Waals surface area contributed by atoms with Crippen LogP contribution in [0.2, 0.25) is 0 Å². The molecular weight excluding hydrogens is 312 g/mol. The van der Waals surface area contributed by atoms with Crippen molar-refractivity contribution >= 4 is 12.2 Å². The van der Waals surface area contributed by atoms with Gasteiger partial charge in [0.15, 0.2) is 0 Å². The lowest BCUT2D eigenvalue weighted by Crippen LogP contribution is -2.35. The van der Waals surface area contributed by atoms with Crippen molar-refractivity contribution in [3.8, 4) is 0 Å². The van der Waals surface area contributed by atoms with Crippen LogP contribution in [0.4, 0.5) is 0 Å². The van der Waals surface area contributed by atoms with Crippen molar-refractivity contribution < 1.29 is 0 Å². The molecule has 1 aromatic carbocycles. The van der Waals surface area contributed by atoms with Crippen molar-refractivity contribution in [1.29, 1.82) is 0 Å². The highest BCUT2D eigenvalue weighted by atomic mass is 14.3. The SMILES string of the molecule is CC.CC(C)C.CC=CC(C)(C)C1C=c2c(CC(C)C)cccc2=CC1. The summed E-state index contributed by atoms with van der Waals surface area (Å²) in [6, 6.07) is 6.76. The Kier molecular flexibility index (Phi) is 11.5. The molecule has 1 aliphatic rings. The average molecular weight is 357 g/mol. The molecule has 0 radical (unpaired) electrons. The lowest BCUT2D eigenvalue weighted by molar-refractivity contribution is 0.366. The Bertz CT molecular complexity index is 638. The van der Waals surface area contributed by atoms with E-state index in [-0.39, 0.29) is 5.41 Å². The zero-order valence-electron chi connectivity index (χ0n) is 19.2. The second-order valence-electron chi connectivity index (χ2n) is 8.78. The van der Waals surface area contributed by atoms with E-state index < -0.39 is 0 Å². The van der Waals surface area contributed by atoms with Crippen LogP contribution < -0.4 is 10.4 Å². The Morgan fingerprint density at radius 1 is 1.08 bits per heavy atom. The number of rotatable bonds is 4. The largest absolute Gasteiger partial charge is 0.0911 e. The Morgan fingerprint density at radius 2 is 1.65 bits per heavy atom. The van der Waals surface area contributed by atoms with E-state index in [1.54, 1.807) is 0 Å². The fraction of sp³-hybridized carbons (Fsp3) is 0.615. The number of allylic oxidation sites excluding steroid dienone is 2. The molecule has 0 heterocycles. The Balaban J connectivity index is 0.000000920. The van der Waals surface area contributed by atoms with Gasteiger partial charge in [0.05, 0.1) is 0 Å². The van der Waals surface area contributed by atoms with Crippen LogP contribution in [0.1, 0.15) is 81.2 Å². The van der Waals surface area contributed by atoms with Crippen LogP contribution in [-0.2, 0) is 6.42 Å². The van der Waals surface area contributed by atoms with Gasteiger partial charge in [0.1, 0.15) is 0 Å². The van der Waals surface area contributed by atoms with E-state index in [9.17, 15) is 0 Å². The summed E-state index contributed by atoms with van der Waals surface area (Å²) in [5.74, 6) is 2.14. The molecule has 0 aromatic heterocycles. The fourth-order valence-electron chi connectivity index (χ4n) is 3.23. The van der Waals surface area contributed by atoms with Crippen molar-refractivity contribution in [3.63, 3.8) is 0 Å². The Hall–Kier alpha value is -1.30. The molecule has 148 valence electrons. The summed E-state index contributed by atoms with van der Waals surface area (Å²) >= 11 is 0. The molecular formula is C26H44. The van der Waals surface area contributed by atoms with Crippen LogP contribution in [0, 0.1) is 23.2 Å². The van der Waals surface area contributed by atoms with Gasteiger partial charge in [-0.3, -0.25) is 0 Å². The highest BCUT2D eigenvalue weighted by molar-refractivity contribution is 5.45. The molecule has 0 saturated heterocycles. The van der Waals surface area contributed by atoms with Gasteiger partial charge in [-0.1, -0.05) is 105 Å². The first-order valence-electron chi connectivity index (χ1n) is 10.6. The van der Waals surface area contributed by atoms with Crippen LogP contribution in [0.3, 0.4) is 0 Å². The Morgan fingerprint density at radius 3 is 2.15 bits per heavy atom. The number of hydrogen-bond donors (Lipinski definition) is 0. The standard InChI is InChI=1S/C20H28.C4H10.C2H6/c1-6-12-20(4,5)18-11-10-16-8-7-9-17(13-15(2)3)19(16)14-18;1-4(2)3;1-2/h6-10,12,14-15,18H,11,13H2,1-5H3;4H,1-3H3;1-2H3. The topological polar surface area (TPSA) is 0 Å². The van der Waals surface area contributed by atoms with Gasteiger partial charge in [-0.05, 0) is 58.9 Å². The minimum atomic E-state index is 0.230. The predicted molar refractivity (Wildman–Crippen MR) is 122 cm³/mol. The van der Waals surface area contributed by atoms with Crippen LogP contribution in [0.5, 0.6) is 0 Å². The van der Waals surface area contributed by atoms with Gasteiger partial charge in [0, 0.05) is 0 Å². The second-order valence-corrected chi connectivity index (χ2v) is 8.78. The van der Waals surface area contributed by atoms with E-state index in [0.717, 1.165) is 12.3 Å². The summed E-state index contributed by atoms with van der Waals surface area (Å²) in [5.41, 5.74) is 1.74. The molecule has 0 fully saturated rings. The smallest absolute Gasteiger partial charge is 0.0103 e. The van der Waals surface area contributed by atoms with Gasteiger partial charge in [-0.2, -0.15) is 0 Å². The third-order valence-electron chi connectivity index (χ3n) is 4.37. The van der Waals surface area contributed by atoms with Crippen LogP contribution >= 0.6 is 0 Å². The summed E-state index contributed by atoms with van der Waals surface area (Å²) in [6.45, 7) is 21.9. The van der Waals surface area contributed by atoms with Crippen molar-refractivity contribution in [2.24, 2.45) is 23.2 Å². The number of hydrogen-bond acceptors (Lipinski definition) is 0. The molecule has 0 heteroatoms. The molecule has 1 aromatic rings. The maximum atomic E-state index is 2.52. The van der Waals surface area contributed by atoms with Crippen LogP contribution in [0.25, 0.3) is 12.2 Å². The van der Waals surface area contributed by atoms with E-state index in [1.165, 1.54) is 22.4 Å². The van der Waals surface area contributed by atoms with Crippen molar-refractivity contribution in [2.75, 3.05) is 0 Å². The first-order chi connectivity index (χ1) is 12.2.